The summed E-state index contributed by atoms with van der Waals surface area (Å²) in [6.07, 6.45) is 2.96. The summed E-state index contributed by atoms with van der Waals surface area (Å²) < 4.78 is 12.6. The zero-order chi connectivity index (χ0) is 14.4. The number of thiophene rings is 1. The molecule has 1 fully saturated rings. The van der Waals surface area contributed by atoms with Crippen LogP contribution in [0.3, 0.4) is 0 Å². The van der Waals surface area contributed by atoms with Gasteiger partial charge in [0.25, 0.3) is 0 Å². The van der Waals surface area contributed by atoms with Gasteiger partial charge in [0, 0.05) is 37.5 Å². The molecule has 1 saturated heterocycles. The highest BCUT2D eigenvalue weighted by atomic mass is 35.5. The van der Waals surface area contributed by atoms with Gasteiger partial charge in [0.2, 0.25) is 0 Å². The normalized spacial score (nSPS) is 19.9. The number of rotatable bonds is 7. The molecule has 1 aromatic heterocycles. The first-order valence-corrected chi connectivity index (χ1v) is 8.61. The van der Waals surface area contributed by atoms with Gasteiger partial charge in [0.05, 0.1) is 16.0 Å². The Bertz CT molecular complexity index is 399. The topological polar surface area (TPSA) is 30.5 Å². The molecule has 2 rings (SSSR count). The third-order valence-electron chi connectivity index (χ3n) is 3.77. The van der Waals surface area contributed by atoms with Crippen molar-refractivity contribution in [2.75, 3.05) is 26.4 Å². The molecule has 1 aliphatic rings. The quantitative estimate of drug-likeness (QED) is 0.823. The maximum absolute atomic E-state index is 6.21. The molecule has 0 radical (unpaired) electrons. The van der Waals surface area contributed by atoms with Gasteiger partial charge < -0.3 is 14.8 Å². The maximum Gasteiger partial charge on any atom is 0.0931 e. The van der Waals surface area contributed by atoms with Crippen LogP contribution in [0.25, 0.3) is 0 Å². The Labute approximate surface area is 130 Å². The molecule has 0 aromatic carbocycles. The zero-order valence-corrected chi connectivity index (χ0v) is 13.9. The fourth-order valence-corrected chi connectivity index (χ4v) is 4.08. The van der Waals surface area contributed by atoms with Gasteiger partial charge in [0.15, 0.2) is 0 Å². The van der Waals surface area contributed by atoms with Crippen molar-refractivity contribution in [3.63, 3.8) is 0 Å². The molecule has 1 unspecified atom stereocenters. The molecule has 2 heterocycles. The Kier molecular flexibility index (Phi) is 6.30. The van der Waals surface area contributed by atoms with Crippen LogP contribution >= 0.6 is 22.9 Å². The van der Waals surface area contributed by atoms with Crippen molar-refractivity contribution in [2.45, 2.75) is 44.8 Å². The van der Waals surface area contributed by atoms with E-state index in [1.54, 1.807) is 11.3 Å². The van der Waals surface area contributed by atoms with Crippen LogP contribution in [0.2, 0.25) is 4.34 Å². The smallest absolute Gasteiger partial charge is 0.0931 e. The van der Waals surface area contributed by atoms with Crippen LogP contribution < -0.4 is 5.32 Å². The molecule has 0 spiro atoms. The second-order valence-electron chi connectivity index (χ2n) is 5.14. The predicted octanol–water partition coefficient (Wildman–Crippen LogP) is 4.03. The first-order chi connectivity index (χ1) is 9.72. The van der Waals surface area contributed by atoms with Crippen LogP contribution in [0, 0.1) is 0 Å². The van der Waals surface area contributed by atoms with Crippen molar-refractivity contribution in [2.24, 2.45) is 0 Å². The summed E-state index contributed by atoms with van der Waals surface area (Å²) in [6, 6.07) is 4.29. The highest BCUT2D eigenvalue weighted by Gasteiger charge is 2.42. The summed E-state index contributed by atoms with van der Waals surface area (Å²) in [7, 11) is 0. The molecular formula is C15H24ClNO2S. The Balaban J connectivity index is 2.26. The van der Waals surface area contributed by atoms with Crippen molar-refractivity contribution >= 4 is 22.9 Å². The van der Waals surface area contributed by atoms with Gasteiger partial charge in [-0.05, 0) is 32.0 Å². The minimum Gasteiger partial charge on any atom is -0.381 e. The minimum atomic E-state index is -0.170. The van der Waals surface area contributed by atoms with E-state index in [-0.39, 0.29) is 11.6 Å². The van der Waals surface area contributed by atoms with Crippen LogP contribution in [-0.4, -0.2) is 32.0 Å². The lowest BCUT2D eigenvalue weighted by atomic mass is 9.84. The lowest BCUT2D eigenvalue weighted by Gasteiger charge is -2.43. The largest absolute Gasteiger partial charge is 0.381 e. The monoisotopic (exact) mass is 317 g/mol. The molecule has 0 aliphatic carbocycles. The van der Waals surface area contributed by atoms with E-state index in [1.165, 1.54) is 4.88 Å². The number of nitrogens with one attached hydrogen (secondary N) is 1. The third kappa shape index (κ3) is 3.74. The Morgan fingerprint density at radius 2 is 2.15 bits per heavy atom. The van der Waals surface area contributed by atoms with E-state index in [4.69, 9.17) is 21.1 Å². The standard InChI is InChI=1S/C15H24ClNO2S/c1-3-9-17-14(12-5-6-13(16)20-12)15(19-4-2)7-10-18-11-8-15/h5-6,14,17H,3-4,7-11H2,1-2H3. The molecule has 5 heteroatoms. The van der Waals surface area contributed by atoms with E-state index in [2.05, 4.69) is 25.2 Å². The van der Waals surface area contributed by atoms with E-state index in [1.807, 2.05) is 6.07 Å². The summed E-state index contributed by atoms with van der Waals surface area (Å²) in [5, 5.41) is 3.67. The molecule has 0 saturated carbocycles. The van der Waals surface area contributed by atoms with Gasteiger partial charge >= 0.3 is 0 Å². The first kappa shape index (κ1) is 16.2. The number of hydrogen-bond donors (Lipinski definition) is 1. The van der Waals surface area contributed by atoms with Crippen molar-refractivity contribution in [1.82, 2.24) is 5.32 Å². The summed E-state index contributed by atoms with van der Waals surface area (Å²) in [5.74, 6) is 0. The van der Waals surface area contributed by atoms with E-state index >= 15 is 0 Å². The average Bonchev–Trinajstić information content (AvgIpc) is 2.87. The third-order valence-corrected chi connectivity index (χ3v) is 5.07. The zero-order valence-electron chi connectivity index (χ0n) is 12.3. The van der Waals surface area contributed by atoms with Gasteiger partial charge in [-0.3, -0.25) is 0 Å². The van der Waals surface area contributed by atoms with Gasteiger partial charge in [-0.25, -0.2) is 0 Å². The van der Waals surface area contributed by atoms with E-state index < -0.39 is 0 Å². The van der Waals surface area contributed by atoms with Gasteiger partial charge in [-0.2, -0.15) is 0 Å². The van der Waals surface area contributed by atoms with Gasteiger partial charge in [0.1, 0.15) is 0 Å². The Hall–Kier alpha value is -0.130. The second kappa shape index (κ2) is 7.76. The SMILES string of the molecule is CCCNC(c1ccc(Cl)s1)C1(OCC)CCOCC1. The molecule has 114 valence electrons. The van der Waals surface area contributed by atoms with Crippen LogP contribution in [0.4, 0.5) is 0 Å². The maximum atomic E-state index is 6.21. The van der Waals surface area contributed by atoms with Crippen molar-refractivity contribution in [3.05, 3.63) is 21.3 Å². The molecule has 0 bridgehead atoms. The molecule has 1 aliphatic heterocycles. The van der Waals surface area contributed by atoms with Crippen molar-refractivity contribution in [1.29, 1.82) is 0 Å². The highest BCUT2D eigenvalue weighted by molar-refractivity contribution is 7.16. The Morgan fingerprint density at radius 1 is 1.40 bits per heavy atom. The van der Waals surface area contributed by atoms with Crippen LogP contribution in [0.15, 0.2) is 12.1 Å². The van der Waals surface area contributed by atoms with Gasteiger partial charge in [-0.15, -0.1) is 11.3 Å². The lowest BCUT2D eigenvalue weighted by Crippen LogP contribution is -2.49. The van der Waals surface area contributed by atoms with Crippen LogP contribution in [0.5, 0.6) is 0 Å². The fourth-order valence-electron chi connectivity index (χ4n) is 2.84. The predicted molar refractivity (Wildman–Crippen MR) is 84.8 cm³/mol. The summed E-state index contributed by atoms with van der Waals surface area (Å²) in [4.78, 5) is 1.26. The Morgan fingerprint density at radius 3 is 2.70 bits per heavy atom. The number of halogens is 1. The van der Waals surface area contributed by atoms with Crippen molar-refractivity contribution < 1.29 is 9.47 Å². The number of hydrogen-bond acceptors (Lipinski definition) is 4. The van der Waals surface area contributed by atoms with E-state index in [0.29, 0.717) is 0 Å². The lowest BCUT2D eigenvalue weighted by molar-refractivity contribution is -0.127. The van der Waals surface area contributed by atoms with Crippen LogP contribution in [0.1, 0.15) is 44.0 Å². The van der Waals surface area contributed by atoms with Crippen LogP contribution in [-0.2, 0) is 9.47 Å². The first-order valence-electron chi connectivity index (χ1n) is 7.42. The fraction of sp³-hybridized carbons (Fsp3) is 0.733. The van der Waals surface area contributed by atoms with Crippen molar-refractivity contribution in [3.8, 4) is 0 Å². The summed E-state index contributed by atoms with van der Waals surface area (Å²) >= 11 is 7.77. The highest BCUT2D eigenvalue weighted by Crippen LogP contribution is 2.41. The average molecular weight is 318 g/mol. The van der Waals surface area contributed by atoms with E-state index in [9.17, 15) is 0 Å². The molecule has 0 amide bonds. The van der Waals surface area contributed by atoms with Gasteiger partial charge in [-0.1, -0.05) is 18.5 Å². The summed E-state index contributed by atoms with van der Waals surface area (Å²) in [6.45, 7) is 7.49. The molecule has 1 atom stereocenters. The molecule has 1 aromatic rings. The molecule has 1 N–H and O–H groups in total. The second-order valence-corrected chi connectivity index (χ2v) is 6.89. The molecular weight excluding hydrogens is 294 g/mol. The van der Waals surface area contributed by atoms with E-state index in [0.717, 1.165) is 50.0 Å². The molecule has 3 nitrogen and oxygen atoms in total. The minimum absolute atomic E-state index is 0.170. The summed E-state index contributed by atoms with van der Waals surface area (Å²) in [5.41, 5.74) is -0.170. The molecule has 20 heavy (non-hydrogen) atoms. The number of ether oxygens (including phenoxy) is 2.